The van der Waals surface area contributed by atoms with Gasteiger partial charge in [0.05, 0.1) is 11.1 Å². The summed E-state index contributed by atoms with van der Waals surface area (Å²) in [6, 6.07) is 4.17. The number of fused-ring (bicyclic) bond motifs is 1. The van der Waals surface area contributed by atoms with E-state index in [-0.39, 0.29) is 47.9 Å². The lowest BCUT2D eigenvalue weighted by atomic mass is 9.96. The number of rotatable bonds is 7. The molecule has 1 aliphatic heterocycles. The van der Waals surface area contributed by atoms with Gasteiger partial charge in [0.25, 0.3) is 5.91 Å². The molecule has 2 aliphatic carbocycles. The number of carbonyl (C=O) groups excluding carboxylic acids is 2. The Hall–Kier alpha value is -1.86. The summed E-state index contributed by atoms with van der Waals surface area (Å²) in [4.78, 5) is 26.4. The average Bonchev–Trinajstić information content (AvgIpc) is 3.20. The van der Waals surface area contributed by atoms with E-state index in [1.807, 2.05) is 4.90 Å². The van der Waals surface area contributed by atoms with E-state index in [1.165, 1.54) is 18.6 Å². The van der Waals surface area contributed by atoms with E-state index in [2.05, 4.69) is 5.32 Å². The maximum atomic E-state index is 13.4. The van der Waals surface area contributed by atoms with Crippen molar-refractivity contribution in [3.05, 3.63) is 29.0 Å². The lowest BCUT2D eigenvalue weighted by Crippen LogP contribution is -2.39. The lowest BCUT2D eigenvalue weighted by Gasteiger charge is -2.26. The standard InChI is InChI=1S/C21H26ClFN2O4/c22-18-5-4-17(8-19(18)23)28-11-20(26)24-15-6-13-9-25(10-14(13)7-15)21(27)12-29-16-2-1-3-16/h4-5,8,13-16H,1-3,6-7,9-12H2,(H,24,26)/t13-,14+,15+. The fraction of sp³-hybridized carbons (Fsp3) is 0.619. The number of benzene rings is 1. The van der Waals surface area contributed by atoms with Gasteiger partial charge in [0.15, 0.2) is 6.61 Å². The fourth-order valence-electron chi connectivity index (χ4n) is 4.42. The molecule has 2 amide bonds. The SMILES string of the molecule is O=C(COc1ccc(Cl)c(F)c1)N[C@H]1C[C@@H]2CN(C(=O)COC3CCC3)C[C@@H]2C1. The summed E-state index contributed by atoms with van der Waals surface area (Å²) < 4.78 is 24.4. The maximum absolute atomic E-state index is 13.4. The first-order chi connectivity index (χ1) is 14.0. The van der Waals surface area contributed by atoms with E-state index in [1.54, 1.807) is 0 Å². The molecule has 0 aromatic heterocycles. The molecule has 1 saturated heterocycles. The predicted octanol–water partition coefficient (Wildman–Crippen LogP) is 2.78. The topological polar surface area (TPSA) is 67.9 Å². The molecule has 2 saturated carbocycles. The van der Waals surface area contributed by atoms with E-state index >= 15 is 0 Å². The van der Waals surface area contributed by atoms with Crippen LogP contribution in [0, 0.1) is 17.7 Å². The summed E-state index contributed by atoms with van der Waals surface area (Å²) in [5.41, 5.74) is 0. The van der Waals surface area contributed by atoms with Crippen molar-refractivity contribution in [1.29, 1.82) is 0 Å². The molecule has 3 fully saturated rings. The number of amides is 2. The second kappa shape index (κ2) is 8.88. The summed E-state index contributed by atoms with van der Waals surface area (Å²) in [5, 5.41) is 3.01. The zero-order valence-corrected chi connectivity index (χ0v) is 17.0. The maximum Gasteiger partial charge on any atom is 0.258 e. The first-order valence-corrected chi connectivity index (χ1v) is 10.6. The summed E-state index contributed by atoms with van der Waals surface area (Å²) in [6.45, 7) is 1.50. The van der Waals surface area contributed by atoms with Gasteiger partial charge in [0, 0.05) is 25.2 Å². The van der Waals surface area contributed by atoms with Crippen molar-refractivity contribution >= 4 is 23.4 Å². The molecular formula is C21H26ClFN2O4. The number of carbonyl (C=O) groups is 2. The van der Waals surface area contributed by atoms with Gasteiger partial charge in [-0.15, -0.1) is 0 Å². The van der Waals surface area contributed by atoms with E-state index in [0.29, 0.717) is 11.8 Å². The Balaban J connectivity index is 1.16. The van der Waals surface area contributed by atoms with Crippen LogP contribution in [0.15, 0.2) is 18.2 Å². The first-order valence-electron chi connectivity index (χ1n) is 10.2. The Bertz CT molecular complexity index is 759. The van der Waals surface area contributed by atoms with Crippen molar-refractivity contribution in [1.82, 2.24) is 10.2 Å². The highest BCUT2D eigenvalue weighted by Gasteiger charge is 2.42. The summed E-state index contributed by atoms with van der Waals surface area (Å²) in [7, 11) is 0. The van der Waals surface area contributed by atoms with Crippen LogP contribution < -0.4 is 10.1 Å². The molecule has 0 bridgehead atoms. The molecule has 158 valence electrons. The van der Waals surface area contributed by atoms with Gasteiger partial charge < -0.3 is 19.7 Å². The van der Waals surface area contributed by atoms with Crippen molar-refractivity contribution in [2.75, 3.05) is 26.3 Å². The van der Waals surface area contributed by atoms with Gasteiger partial charge in [-0.3, -0.25) is 9.59 Å². The van der Waals surface area contributed by atoms with Gasteiger partial charge in [0.1, 0.15) is 18.2 Å². The number of nitrogens with one attached hydrogen (secondary N) is 1. The molecule has 1 N–H and O–H groups in total. The van der Waals surface area contributed by atoms with Crippen LogP contribution in [0.25, 0.3) is 0 Å². The Morgan fingerprint density at radius 1 is 1.17 bits per heavy atom. The highest BCUT2D eigenvalue weighted by atomic mass is 35.5. The molecule has 8 heteroatoms. The van der Waals surface area contributed by atoms with Crippen LogP contribution in [0.4, 0.5) is 4.39 Å². The highest BCUT2D eigenvalue weighted by molar-refractivity contribution is 6.30. The molecule has 6 nitrogen and oxygen atoms in total. The third-order valence-corrected chi connectivity index (χ3v) is 6.53. The predicted molar refractivity (Wildman–Crippen MR) is 105 cm³/mol. The number of ether oxygens (including phenoxy) is 2. The molecular weight excluding hydrogens is 399 g/mol. The number of halogens is 2. The summed E-state index contributed by atoms with van der Waals surface area (Å²) in [6.07, 6.45) is 5.32. The van der Waals surface area contributed by atoms with Gasteiger partial charge in [-0.1, -0.05) is 11.6 Å². The smallest absolute Gasteiger partial charge is 0.258 e. The van der Waals surface area contributed by atoms with Gasteiger partial charge in [-0.25, -0.2) is 4.39 Å². The minimum atomic E-state index is -0.578. The van der Waals surface area contributed by atoms with E-state index in [0.717, 1.165) is 44.8 Å². The third kappa shape index (κ3) is 5.01. The second-order valence-electron chi connectivity index (χ2n) is 8.28. The van der Waals surface area contributed by atoms with Crippen molar-refractivity contribution in [2.24, 2.45) is 11.8 Å². The minimum Gasteiger partial charge on any atom is -0.484 e. The number of hydrogen-bond acceptors (Lipinski definition) is 4. The summed E-state index contributed by atoms with van der Waals surface area (Å²) >= 11 is 5.63. The largest absolute Gasteiger partial charge is 0.484 e. The molecule has 4 rings (SSSR count). The minimum absolute atomic E-state index is 0.0152. The normalized spacial score (nSPS) is 26.1. The molecule has 1 aromatic carbocycles. The van der Waals surface area contributed by atoms with E-state index < -0.39 is 5.82 Å². The second-order valence-corrected chi connectivity index (χ2v) is 8.69. The zero-order chi connectivity index (χ0) is 20.4. The van der Waals surface area contributed by atoms with Crippen molar-refractivity contribution in [2.45, 2.75) is 44.2 Å². The zero-order valence-electron chi connectivity index (χ0n) is 16.2. The van der Waals surface area contributed by atoms with Crippen LogP contribution in [0.1, 0.15) is 32.1 Å². The molecule has 29 heavy (non-hydrogen) atoms. The van der Waals surface area contributed by atoms with Crippen LogP contribution in [-0.4, -0.2) is 55.2 Å². The van der Waals surface area contributed by atoms with Crippen molar-refractivity contribution in [3.8, 4) is 5.75 Å². The molecule has 0 spiro atoms. The van der Waals surface area contributed by atoms with Crippen molar-refractivity contribution in [3.63, 3.8) is 0 Å². The van der Waals surface area contributed by atoms with Crippen LogP contribution in [-0.2, 0) is 14.3 Å². The quantitative estimate of drug-likeness (QED) is 0.730. The fourth-order valence-corrected chi connectivity index (χ4v) is 4.54. The van der Waals surface area contributed by atoms with E-state index in [4.69, 9.17) is 21.1 Å². The molecule has 3 atom stereocenters. The van der Waals surface area contributed by atoms with Crippen molar-refractivity contribution < 1.29 is 23.5 Å². The Morgan fingerprint density at radius 2 is 1.90 bits per heavy atom. The summed E-state index contributed by atoms with van der Waals surface area (Å²) in [5.74, 6) is 0.370. The van der Waals surface area contributed by atoms with Gasteiger partial charge in [-0.2, -0.15) is 0 Å². The molecule has 0 unspecified atom stereocenters. The molecule has 0 radical (unpaired) electrons. The molecule has 1 heterocycles. The third-order valence-electron chi connectivity index (χ3n) is 6.22. The first kappa shape index (κ1) is 20.4. The Labute approximate surface area is 174 Å². The average molecular weight is 425 g/mol. The number of likely N-dealkylation sites (tertiary alicyclic amines) is 1. The van der Waals surface area contributed by atoms with E-state index in [9.17, 15) is 14.0 Å². The van der Waals surface area contributed by atoms with Crippen LogP contribution in [0.2, 0.25) is 5.02 Å². The molecule has 3 aliphatic rings. The van der Waals surface area contributed by atoms with Gasteiger partial charge in [0.2, 0.25) is 5.91 Å². The molecule has 1 aromatic rings. The number of nitrogens with zero attached hydrogens (tertiary/aromatic N) is 1. The van der Waals surface area contributed by atoms with Gasteiger partial charge >= 0.3 is 0 Å². The van der Waals surface area contributed by atoms with Crippen LogP contribution >= 0.6 is 11.6 Å². The van der Waals surface area contributed by atoms with Crippen LogP contribution in [0.5, 0.6) is 5.75 Å². The van der Waals surface area contributed by atoms with Crippen LogP contribution in [0.3, 0.4) is 0 Å². The highest BCUT2D eigenvalue weighted by Crippen LogP contribution is 2.38. The number of hydrogen-bond donors (Lipinski definition) is 1. The Kier molecular flexibility index (Phi) is 6.25. The monoisotopic (exact) mass is 424 g/mol. The lowest BCUT2D eigenvalue weighted by molar-refractivity contribution is -0.139. The van der Waals surface area contributed by atoms with Gasteiger partial charge in [-0.05, 0) is 56.1 Å². The Morgan fingerprint density at radius 3 is 2.52 bits per heavy atom.